The van der Waals surface area contributed by atoms with Crippen molar-refractivity contribution in [3.05, 3.63) is 58.0 Å². The summed E-state index contributed by atoms with van der Waals surface area (Å²) in [5.74, 6) is 0.617. The van der Waals surface area contributed by atoms with Crippen molar-refractivity contribution in [3.8, 4) is 0 Å². The van der Waals surface area contributed by atoms with Crippen LogP contribution >= 0.6 is 22.9 Å². The average molecular weight is 265 g/mol. The van der Waals surface area contributed by atoms with Crippen molar-refractivity contribution >= 4 is 34.5 Å². The van der Waals surface area contributed by atoms with E-state index in [2.05, 4.69) is 10.3 Å². The second kappa shape index (κ2) is 5.61. The standard InChI is InChI=1S/C12H9ClN2OS/c13-11-5-4-10(17-11)9(16)6-8-15-12-3-1-2-7-14-12/h1-8H,(H,14,15). The van der Waals surface area contributed by atoms with Gasteiger partial charge in [-0.25, -0.2) is 4.98 Å². The van der Waals surface area contributed by atoms with E-state index in [-0.39, 0.29) is 5.78 Å². The van der Waals surface area contributed by atoms with Gasteiger partial charge in [0.25, 0.3) is 0 Å². The summed E-state index contributed by atoms with van der Waals surface area (Å²) in [6, 6.07) is 8.93. The summed E-state index contributed by atoms with van der Waals surface area (Å²) in [6.07, 6.45) is 4.70. The molecule has 0 saturated heterocycles. The molecule has 2 aromatic heterocycles. The monoisotopic (exact) mass is 264 g/mol. The molecule has 0 aliphatic heterocycles. The molecule has 86 valence electrons. The predicted molar refractivity (Wildman–Crippen MR) is 70.7 cm³/mol. The molecule has 0 spiro atoms. The molecule has 0 unspecified atom stereocenters. The molecule has 2 rings (SSSR count). The first kappa shape index (κ1) is 11.8. The summed E-state index contributed by atoms with van der Waals surface area (Å²) in [6.45, 7) is 0. The van der Waals surface area contributed by atoms with Crippen LogP contribution in [0.4, 0.5) is 5.82 Å². The van der Waals surface area contributed by atoms with Crippen molar-refractivity contribution < 1.29 is 4.79 Å². The van der Waals surface area contributed by atoms with E-state index in [9.17, 15) is 4.79 Å². The predicted octanol–water partition coefficient (Wildman–Crippen LogP) is 3.61. The minimum absolute atomic E-state index is 0.0784. The number of hydrogen-bond acceptors (Lipinski definition) is 4. The van der Waals surface area contributed by atoms with Crippen LogP contribution in [-0.2, 0) is 0 Å². The molecule has 5 heteroatoms. The number of allylic oxidation sites excluding steroid dienone is 1. The number of ketones is 1. The maximum atomic E-state index is 11.7. The van der Waals surface area contributed by atoms with Crippen molar-refractivity contribution in [3.63, 3.8) is 0 Å². The molecule has 0 aromatic carbocycles. The van der Waals surface area contributed by atoms with Crippen molar-refractivity contribution in [2.24, 2.45) is 0 Å². The lowest BCUT2D eigenvalue weighted by molar-refractivity contribution is 0.105. The number of nitrogens with one attached hydrogen (secondary N) is 1. The molecule has 3 nitrogen and oxygen atoms in total. The van der Waals surface area contributed by atoms with Crippen LogP contribution in [0.1, 0.15) is 9.67 Å². The van der Waals surface area contributed by atoms with Gasteiger partial charge in [0.15, 0.2) is 5.78 Å². The lowest BCUT2D eigenvalue weighted by atomic mass is 10.3. The van der Waals surface area contributed by atoms with Crippen molar-refractivity contribution in [1.29, 1.82) is 0 Å². The van der Waals surface area contributed by atoms with Crippen LogP contribution in [0.25, 0.3) is 0 Å². The third-order valence-corrected chi connectivity index (χ3v) is 3.19. The van der Waals surface area contributed by atoms with Gasteiger partial charge >= 0.3 is 0 Å². The highest BCUT2D eigenvalue weighted by molar-refractivity contribution is 7.18. The number of carbonyl (C=O) groups excluding carboxylic acids is 1. The topological polar surface area (TPSA) is 42.0 Å². The van der Waals surface area contributed by atoms with Crippen LogP contribution in [0.2, 0.25) is 4.34 Å². The second-order valence-corrected chi connectivity index (χ2v) is 4.88. The molecule has 1 N–H and O–H groups in total. The quantitative estimate of drug-likeness (QED) is 0.678. The van der Waals surface area contributed by atoms with E-state index >= 15 is 0 Å². The van der Waals surface area contributed by atoms with Gasteiger partial charge < -0.3 is 5.32 Å². The van der Waals surface area contributed by atoms with E-state index in [4.69, 9.17) is 11.6 Å². The zero-order valence-corrected chi connectivity index (χ0v) is 10.3. The minimum atomic E-state index is -0.0784. The van der Waals surface area contributed by atoms with Gasteiger partial charge in [0.2, 0.25) is 0 Å². The average Bonchev–Trinajstić information content (AvgIpc) is 2.77. The number of halogens is 1. The first-order valence-corrected chi connectivity index (χ1v) is 6.09. The van der Waals surface area contributed by atoms with E-state index in [0.717, 1.165) is 0 Å². The third kappa shape index (κ3) is 3.41. The summed E-state index contributed by atoms with van der Waals surface area (Å²) < 4.78 is 0.611. The van der Waals surface area contributed by atoms with Gasteiger partial charge in [0.05, 0.1) is 9.21 Å². The van der Waals surface area contributed by atoms with Gasteiger partial charge in [-0.15, -0.1) is 11.3 Å². The molecular weight excluding hydrogens is 256 g/mol. The number of thiophene rings is 1. The lowest BCUT2D eigenvalue weighted by Crippen LogP contribution is -1.94. The SMILES string of the molecule is O=C(C=CNc1ccccn1)c1ccc(Cl)s1. The van der Waals surface area contributed by atoms with E-state index in [1.165, 1.54) is 17.4 Å². The van der Waals surface area contributed by atoms with E-state index < -0.39 is 0 Å². The molecule has 0 atom stereocenters. The van der Waals surface area contributed by atoms with Gasteiger partial charge in [-0.05, 0) is 24.3 Å². The Morgan fingerprint density at radius 1 is 1.35 bits per heavy atom. The fourth-order valence-electron chi connectivity index (χ4n) is 1.18. The maximum Gasteiger partial charge on any atom is 0.197 e. The Morgan fingerprint density at radius 3 is 2.88 bits per heavy atom. The molecular formula is C12H9ClN2OS. The number of hydrogen-bond donors (Lipinski definition) is 1. The number of aromatic nitrogens is 1. The second-order valence-electron chi connectivity index (χ2n) is 3.16. The molecule has 2 heterocycles. The minimum Gasteiger partial charge on any atom is -0.347 e. The number of pyridine rings is 1. The zero-order chi connectivity index (χ0) is 12.1. The summed E-state index contributed by atoms with van der Waals surface area (Å²) >= 11 is 7.01. The van der Waals surface area contributed by atoms with Crippen LogP contribution in [0.15, 0.2) is 48.8 Å². The van der Waals surface area contributed by atoms with Gasteiger partial charge in [0, 0.05) is 18.5 Å². The molecule has 0 fully saturated rings. The smallest absolute Gasteiger partial charge is 0.197 e. The van der Waals surface area contributed by atoms with Gasteiger partial charge in [0.1, 0.15) is 5.82 Å². The number of rotatable bonds is 4. The van der Waals surface area contributed by atoms with Gasteiger partial charge in [-0.2, -0.15) is 0 Å². The largest absolute Gasteiger partial charge is 0.347 e. The number of anilines is 1. The molecule has 0 amide bonds. The molecule has 2 aromatic rings. The van der Waals surface area contributed by atoms with E-state index in [0.29, 0.717) is 15.0 Å². The zero-order valence-electron chi connectivity index (χ0n) is 8.76. The van der Waals surface area contributed by atoms with Crippen molar-refractivity contribution in [2.75, 3.05) is 5.32 Å². The fourth-order valence-corrected chi connectivity index (χ4v) is 2.14. The Bertz CT molecular complexity index is 536. The molecule has 0 saturated carbocycles. The van der Waals surface area contributed by atoms with Crippen LogP contribution in [0.3, 0.4) is 0 Å². The number of nitrogens with zero attached hydrogens (tertiary/aromatic N) is 1. The van der Waals surface area contributed by atoms with Gasteiger partial charge in [-0.3, -0.25) is 4.79 Å². The van der Waals surface area contributed by atoms with E-state index in [1.54, 1.807) is 24.5 Å². The normalized spacial score (nSPS) is 10.6. The number of carbonyl (C=O) groups is 1. The highest BCUT2D eigenvalue weighted by Crippen LogP contribution is 2.21. The first-order valence-electron chi connectivity index (χ1n) is 4.89. The van der Waals surface area contributed by atoms with Crippen LogP contribution in [-0.4, -0.2) is 10.8 Å². The molecule has 0 radical (unpaired) electrons. The van der Waals surface area contributed by atoms with Crippen LogP contribution in [0.5, 0.6) is 0 Å². The summed E-state index contributed by atoms with van der Waals surface area (Å²) in [5, 5.41) is 2.91. The van der Waals surface area contributed by atoms with Crippen molar-refractivity contribution in [1.82, 2.24) is 4.98 Å². The van der Waals surface area contributed by atoms with Gasteiger partial charge in [-0.1, -0.05) is 17.7 Å². The highest BCUT2D eigenvalue weighted by Gasteiger charge is 2.04. The Labute approximate surface area is 108 Å². The third-order valence-electron chi connectivity index (χ3n) is 1.95. The van der Waals surface area contributed by atoms with E-state index in [1.807, 2.05) is 18.2 Å². The van der Waals surface area contributed by atoms with Crippen LogP contribution in [0, 0.1) is 0 Å². The fraction of sp³-hybridized carbons (Fsp3) is 0. The Kier molecular flexibility index (Phi) is 3.90. The summed E-state index contributed by atoms with van der Waals surface area (Å²) in [7, 11) is 0. The highest BCUT2D eigenvalue weighted by atomic mass is 35.5. The van der Waals surface area contributed by atoms with Crippen LogP contribution < -0.4 is 5.32 Å². The Hall–Kier alpha value is -1.65. The molecule has 17 heavy (non-hydrogen) atoms. The lowest BCUT2D eigenvalue weighted by Gasteiger charge is -1.96. The summed E-state index contributed by atoms with van der Waals surface area (Å²) in [4.78, 5) is 16.3. The molecule has 0 aliphatic rings. The Balaban J connectivity index is 1.95. The molecule has 0 aliphatic carbocycles. The molecule has 0 bridgehead atoms. The first-order chi connectivity index (χ1) is 8.25. The summed E-state index contributed by atoms with van der Waals surface area (Å²) in [5.41, 5.74) is 0. The maximum absolute atomic E-state index is 11.7. The van der Waals surface area contributed by atoms with Crippen molar-refractivity contribution in [2.45, 2.75) is 0 Å². The Morgan fingerprint density at radius 2 is 2.24 bits per heavy atom.